The van der Waals surface area contributed by atoms with E-state index >= 15 is 0 Å². The molecule has 19 heavy (non-hydrogen) atoms. The van der Waals surface area contributed by atoms with E-state index in [1.807, 2.05) is 12.1 Å². The van der Waals surface area contributed by atoms with E-state index in [4.69, 9.17) is 23.2 Å². The predicted octanol–water partition coefficient (Wildman–Crippen LogP) is 5.49. The van der Waals surface area contributed by atoms with Crippen LogP contribution < -0.4 is 5.32 Å². The van der Waals surface area contributed by atoms with E-state index in [0.29, 0.717) is 20.9 Å². The third-order valence-corrected chi connectivity index (χ3v) is 4.22. The number of halogens is 3. The lowest BCUT2D eigenvalue weighted by molar-refractivity contribution is 0.632. The highest BCUT2D eigenvalue weighted by atomic mass is 35.5. The van der Waals surface area contributed by atoms with Crippen LogP contribution in [0.25, 0.3) is 10.2 Å². The van der Waals surface area contributed by atoms with Crippen LogP contribution >= 0.6 is 34.5 Å². The van der Waals surface area contributed by atoms with Gasteiger partial charge in [0.1, 0.15) is 5.82 Å². The van der Waals surface area contributed by atoms with E-state index in [0.717, 1.165) is 10.2 Å². The van der Waals surface area contributed by atoms with E-state index in [-0.39, 0.29) is 5.82 Å². The van der Waals surface area contributed by atoms with E-state index in [1.165, 1.54) is 29.5 Å². The number of anilines is 2. The summed E-state index contributed by atoms with van der Waals surface area (Å²) in [4.78, 5) is 4.35. The summed E-state index contributed by atoms with van der Waals surface area (Å²) in [5, 5.41) is 4.59. The van der Waals surface area contributed by atoms with Gasteiger partial charge in [-0.25, -0.2) is 9.37 Å². The summed E-state index contributed by atoms with van der Waals surface area (Å²) in [6.45, 7) is 0. The molecule has 3 rings (SSSR count). The fourth-order valence-corrected chi connectivity index (χ4v) is 3.02. The molecule has 0 aliphatic rings. The Kier molecular flexibility index (Phi) is 3.31. The van der Waals surface area contributed by atoms with Crippen LogP contribution in [0, 0.1) is 5.82 Å². The first-order valence-corrected chi connectivity index (χ1v) is 6.98. The minimum atomic E-state index is -0.380. The summed E-state index contributed by atoms with van der Waals surface area (Å²) in [6, 6.07) is 9.81. The number of fused-ring (bicyclic) bond motifs is 1. The van der Waals surface area contributed by atoms with Crippen molar-refractivity contribution >= 4 is 55.6 Å². The first kappa shape index (κ1) is 12.7. The zero-order valence-corrected chi connectivity index (χ0v) is 11.8. The van der Waals surface area contributed by atoms with Gasteiger partial charge in [-0.1, -0.05) is 40.6 Å². The summed E-state index contributed by atoms with van der Waals surface area (Å²) in [7, 11) is 0. The molecular formula is C13H7Cl2FN2S. The minimum absolute atomic E-state index is 0.294. The SMILES string of the molecule is Fc1ccc(Cl)cc1Nc1nc2cccc(Cl)c2s1. The lowest BCUT2D eigenvalue weighted by Crippen LogP contribution is -1.92. The van der Waals surface area contributed by atoms with Gasteiger partial charge in [0.05, 0.1) is 20.9 Å². The van der Waals surface area contributed by atoms with Crippen LogP contribution in [0.5, 0.6) is 0 Å². The van der Waals surface area contributed by atoms with Gasteiger partial charge in [0.15, 0.2) is 5.13 Å². The average Bonchev–Trinajstić information content (AvgIpc) is 2.78. The molecule has 96 valence electrons. The van der Waals surface area contributed by atoms with E-state index < -0.39 is 0 Å². The highest BCUT2D eigenvalue weighted by molar-refractivity contribution is 7.22. The van der Waals surface area contributed by atoms with Crippen LogP contribution in [0.1, 0.15) is 0 Å². The standard InChI is InChI=1S/C13H7Cl2FN2S/c14-7-4-5-9(16)11(6-7)18-13-17-10-3-1-2-8(15)12(10)19-13/h1-6H,(H,17,18). The second-order valence-corrected chi connectivity index (χ2v) is 5.70. The molecule has 0 fully saturated rings. The average molecular weight is 313 g/mol. The lowest BCUT2D eigenvalue weighted by atomic mass is 10.3. The molecule has 0 unspecified atom stereocenters. The summed E-state index contributed by atoms with van der Waals surface area (Å²) >= 11 is 13.3. The smallest absolute Gasteiger partial charge is 0.188 e. The summed E-state index contributed by atoms with van der Waals surface area (Å²) in [5.41, 5.74) is 1.07. The van der Waals surface area contributed by atoms with Crippen molar-refractivity contribution in [1.29, 1.82) is 0 Å². The van der Waals surface area contributed by atoms with Gasteiger partial charge in [-0.05, 0) is 30.3 Å². The van der Waals surface area contributed by atoms with Crippen molar-refractivity contribution in [2.75, 3.05) is 5.32 Å². The molecule has 1 N–H and O–H groups in total. The van der Waals surface area contributed by atoms with Gasteiger partial charge in [-0.3, -0.25) is 0 Å². The van der Waals surface area contributed by atoms with Crippen molar-refractivity contribution in [2.24, 2.45) is 0 Å². The Balaban J connectivity index is 2.01. The number of hydrogen-bond donors (Lipinski definition) is 1. The molecule has 0 aliphatic heterocycles. The third-order valence-electron chi connectivity index (χ3n) is 2.54. The molecule has 3 aromatic rings. The normalized spacial score (nSPS) is 10.9. The maximum absolute atomic E-state index is 13.6. The van der Waals surface area contributed by atoms with Crippen molar-refractivity contribution in [3.8, 4) is 0 Å². The lowest BCUT2D eigenvalue weighted by Gasteiger charge is -2.03. The molecule has 2 nitrogen and oxygen atoms in total. The molecule has 2 aromatic carbocycles. The zero-order chi connectivity index (χ0) is 13.4. The Labute approximate surface area is 122 Å². The van der Waals surface area contributed by atoms with Crippen molar-refractivity contribution in [3.63, 3.8) is 0 Å². The number of nitrogens with zero attached hydrogens (tertiary/aromatic N) is 1. The molecule has 0 spiro atoms. The Bertz CT molecular complexity index is 757. The molecule has 0 radical (unpaired) electrons. The molecule has 0 aliphatic carbocycles. The van der Waals surface area contributed by atoms with Crippen molar-refractivity contribution in [2.45, 2.75) is 0 Å². The molecule has 1 heterocycles. The molecular weight excluding hydrogens is 306 g/mol. The molecule has 0 saturated carbocycles. The first-order chi connectivity index (χ1) is 9.13. The van der Waals surface area contributed by atoms with Crippen LogP contribution in [0.3, 0.4) is 0 Å². The minimum Gasteiger partial charge on any atom is -0.329 e. The van der Waals surface area contributed by atoms with Crippen molar-refractivity contribution < 1.29 is 4.39 Å². The van der Waals surface area contributed by atoms with E-state index in [2.05, 4.69) is 10.3 Å². The first-order valence-electron chi connectivity index (χ1n) is 5.40. The second kappa shape index (κ2) is 4.96. The Morgan fingerprint density at radius 2 is 2.00 bits per heavy atom. The molecule has 1 aromatic heterocycles. The zero-order valence-electron chi connectivity index (χ0n) is 9.45. The van der Waals surface area contributed by atoms with Gasteiger partial charge >= 0.3 is 0 Å². The largest absolute Gasteiger partial charge is 0.329 e. The maximum atomic E-state index is 13.6. The van der Waals surface area contributed by atoms with Crippen LogP contribution in [0.15, 0.2) is 36.4 Å². The number of thiazole rings is 1. The molecule has 0 saturated heterocycles. The van der Waals surface area contributed by atoms with Crippen LogP contribution in [-0.2, 0) is 0 Å². The highest BCUT2D eigenvalue weighted by Gasteiger charge is 2.09. The number of hydrogen-bond acceptors (Lipinski definition) is 3. The van der Waals surface area contributed by atoms with Gasteiger partial charge in [-0.15, -0.1) is 0 Å². The Hall–Kier alpha value is -1.36. The third kappa shape index (κ3) is 2.52. The molecule has 0 atom stereocenters. The van der Waals surface area contributed by atoms with Gasteiger partial charge in [0, 0.05) is 5.02 Å². The quantitative estimate of drug-likeness (QED) is 0.677. The van der Waals surface area contributed by atoms with Crippen LogP contribution in [0.2, 0.25) is 10.0 Å². The topological polar surface area (TPSA) is 24.9 Å². The van der Waals surface area contributed by atoms with Crippen molar-refractivity contribution in [3.05, 3.63) is 52.3 Å². The summed E-state index contributed by atoms with van der Waals surface area (Å²) in [5.74, 6) is -0.380. The molecule has 0 bridgehead atoms. The van der Waals surface area contributed by atoms with Gasteiger partial charge in [0.2, 0.25) is 0 Å². The summed E-state index contributed by atoms with van der Waals surface area (Å²) in [6.07, 6.45) is 0. The number of rotatable bonds is 2. The molecule has 6 heteroatoms. The van der Waals surface area contributed by atoms with E-state index in [1.54, 1.807) is 6.07 Å². The molecule has 0 amide bonds. The van der Waals surface area contributed by atoms with Gasteiger partial charge in [-0.2, -0.15) is 0 Å². The second-order valence-electron chi connectivity index (χ2n) is 3.86. The fourth-order valence-electron chi connectivity index (χ4n) is 1.68. The highest BCUT2D eigenvalue weighted by Crippen LogP contribution is 2.34. The van der Waals surface area contributed by atoms with E-state index in [9.17, 15) is 4.39 Å². The van der Waals surface area contributed by atoms with Gasteiger partial charge in [0.25, 0.3) is 0 Å². The number of aromatic nitrogens is 1. The monoisotopic (exact) mass is 312 g/mol. The number of benzene rings is 2. The van der Waals surface area contributed by atoms with Crippen LogP contribution in [0.4, 0.5) is 15.2 Å². The summed E-state index contributed by atoms with van der Waals surface area (Å²) < 4.78 is 14.5. The Morgan fingerprint density at radius 3 is 2.79 bits per heavy atom. The van der Waals surface area contributed by atoms with Gasteiger partial charge < -0.3 is 5.32 Å². The predicted molar refractivity (Wildman–Crippen MR) is 79.3 cm³/mol. The number of nitrogens with one attached hydrogen (secondary N) is 1. The van der Waals surface area contributed by atoms with Crippen molar-refractivity contribution in [1.82, 2.24) is 4.98 Å². The Morgan fingerprint density at radius 1 is 1.16 bits per heavy atom. The van der Waals surface area contributed by atoms with Crippen LogP contribution in [-0.4, -0.2) is 4.98 Å². The fraction of sp³-hybridized carbons (Fsp3) is 0. The maximum Gasteiger partial charge on any atom is 0.188 e.